The molecule has 5 heteroatoms. The zero-order chi connectivity index (χ0) is 15.0. The number of hydrogen-bond acceptors (Lipinski definition) is 3. The molecule has 0 amide bonds. The van der Waals surface area contributed by atoms with Crippen molar-refractivity contribution >= 4 is 5.69 Å². The minimum Gasteiger partial charge on any atom is -0.310 e. The molecular formula is C16H21FN2O2. The second-order valence-corrected chi connectivity index (χ2v) is 6.54. The van der Waals surface area contributed by atoms with Crippen molar-refractivity contribution in [1.82, 2.24) is 5.32 Å². The summed E-state index contributed by atoms with van der Waals surface area (Å²) in [5.41, 5.74) is 0.416. The Morgan fingerprint density at radius 1 is 1.43 bits per heavy atom. The summed E-state index contributed by atoms with van der Waals surface area (Å²) in [6.07, 6.45) is 5.30. The van der Waals surface area contributed by atoms with Crippen LogP contribution in [0, 0.1) is 33.7 Å². The molecule has 2 aliphatic carbocycles. The van der Waals surface area contributed by atoms with Crippen LogP contribution in [0.3, 0.4) is 0 Å². The Bertz CT molecular complexity index is 549. The van der Waals surface area contributed by atoms with E-state index in [-0.39, 0.29) is 5.69 Å². The summed E-state index contributed by atoms with van der Waals surface area (Å²) in [5.74, 6) is 1.93. The maximum absolute atomic E-state index is 13.3. The summed E-state index contributed by atoms with van der Waals surface area (Å²) in [4.78, 5) is 10.5. The first-order chi connectivity index (χ1) is 10.0. The number of rotatable bonds is 5. The Balaban J connectivity index is 1.64. The molecule has 0 heterocycles. The van der Waals surface area contributed by atoms with Gasteiger partial charge in [0.15, 0.2) is 0 Å². The number of halogens is 1. The summed E-state index contributed by atoms with van der Waals surface area (Å²) in [7, 11) is 0. The van der Waals surface area contributed by atoms with Gasteiger partial charge in [-0.15, -0.1) is 0 Å². The second kappa shape index (κ2) is 5.72. The van der Waals surface area contributed by atoms with Crippen LogP contribution >= 0.6 is 0 Å². The maximum Gasteiger partial charge on any atom is 0.274 e. The van der Waals surface area contributed by atoms with Crippen LogP contribution in [0.4, 0.5) is 10.1 Å². The first kappa shape index (κ1) is 14.4. The molecule has 114 valence electrons. The summed E-state index contributed by atoms with van der Waals surface area (Å²) in [6, 6.07) is 3.97. The van der Waals surface area contributed by atoms with E-state index in [1.165, 1.54) is 37.8 Å². The highest BCUT2D eigenvalue weighted by Gasteiger charge is 2.41. The highest BCUT2D eigenvalue weighted by molar-refractivity contribution is 5.40. The van der Waals surface area contributed by atoms with Crippen molar-refractivity contribution in [3.8, 4) is 0 Å². The average Bonchev–Trinajstić information content (AvgIpc) is 3.07. The Morgan fingerprint density at radius 3 is 2.86 bits per heavy atom. The standard InChI is InChI=1S/C16H21FN2O2/c1-10(15-7-11-2-3-12(15)6-11)18-9-13-8-14(17)4-5-16(13)19(20)21/h4-5,8,10-12,15,18H,2-3,6-7,9H2,1H3. The molecule has 1 aromatic rings. The van der Waals surface area contributed by atoms with Gasteiger partial charge in [-0.05, 0) is 56.1 Å². The van der Waals surface area contributed by atoms with E-state index >= 15 is 0 Å². The molecule has 0 aromatic heterocycles. The maximum atomic E-state index is 13.3. The summed E-state index contributed by atoms with van der Waals surface area (Å²) in [5, 5.41) is 14.4. The fourth-order valence-electron chi connectivity index (χ4n) is 4.20. The summed E-state index contributed by atoms with van der Waals surface area (Å²) in [6.45, 7) is 2.50. The molecule has 4 atom stereocenters. The number of nitrogens with zero attached hydrogens (tertiary/aromatic N) is 1. The van der Waals surface area contributed by atoms with Crippen LogP contribution in [0.5, 0.6) is 0 Å². The number of hydrogen-bond donors (Lipinski definition) is 1. The van der Waals surface area contributed by atoms with E-state index in [0.717, 1.165) is 17.9 Å². The lowest BCUT2D eigenvalue weighted by atomic mass is 9.84. The van der Waals surface area contributed by atoms with Crippen LogP contribution in [0.2, 0.25) is 0 Å². The van der Waals surface area contributed by atoms with Crippen molar-refractivity contribution < 1.29 is 9.31 Å². The third-order valence-electron chi connectivity index (χ3n) is 5.29. The van der Waals surface area contributed by atoms with Gasteiger partial charge in [0, 0.05) is 24.2 Å². The average molecular weight is 292 g/mol. The highest BCUT2D eigenvalue weighted by Crippen LogP contribution is 2.49. The fraction of sp³-hybridized carbons (Fsp3) is 0.625. The van der Waals surface area contributed by atoms with Crippen LogP contribution in [0.25, 0.3) is 0 Å². The van der Waals surface area contributed by atoms with E-state index in [2.05, 4.69) is 12.2 Å². The van der Waals surface area contributed by atoms with E-state index < -0.39 is 10.7 Å². The second-order valence-electron chi connectivity index (χ2n) is 6.54. The molecular weight excluding hydrogens is 271 g/mol. The third-order valence-corrected chi connectivity index (χ3v) is 5.29. The molecule has 1 aromatic carbocycles. The number of nitro benzene ring substituents is 1. The van der Waals surface area contributed by atoms with Gasteiger partial charge in [0.1, 0.15) is 5.82 Å². The van der Waals surface area contributed by atoms with E-state index in [1.54, 1.807) is 0 Å². The van der Waals surface area contributed by atoms with Crippen molar-refractivity contribution in [3.63, 3.8) is 0 Å². The van der Waals surface area contributed by atoms with Crippen LogP contribution in [-0.4, -0.2) is 11.0 Å². The van der Waals surface area contributed by atoms with Gasteiger partial charge < -0.3 is 5.32 Å². The number of fused-ring (bicyclic) bond motifs is 2. The van der Waals surface area contributed by atoms with E-state index in [0.29, 0.717) is 24.1 Å². The predicted octanol–water partition coefficient (Wildman–Crippen LogP) is 3.65. The number of nitro groups is 1. The van der Waals surface area contributed by atoms with Crippen LogP contribution in [0.1, 0.15) is 38.2 Å². The van der Waals surface area contributed by atoms with E-state index in [1.807, 2.05) is 0 Å². The van der Waals surface area contributed by atoms with Gasteiger partial charge in [-0.25, -0.2) is 4.39 Å². The zero-order valence-corrected chi connectivity index (χ0v) is 12.2. The molecule has 0 spiro atoms. The van der Waals surface area contributed by atoms with Crippen molar-refractivity contribution in [2.24, 2.45) is 17.8 Å². The normalized spacial score (nSPS) is 28.8. The van der Waals surface area contributed by atoms with Crippen molar-refractivity contribution in [3.05, 3.63) is 39.7 Å². The van der Waals surface area contributed by atoms with Crippen LogP contribution in [0.15, 0.2) is 18.2 Å². The summed E-state index contributed by atoms with van der Waals surface area (Å²) < 4.78 is 13.3. The van der Waals surface area contributed by atoms with Crippen LogP contribution in [-0.2, 0) is 6.54 Å². The molecule has 0 radical (unpaired) electrons. The lowest BCUT2D eigenvalue weighted by Crippen LogP contribution is -2.36. The van der Waals surface area contributed by atoms with Gasteiger partial charge in [-0.3, -0.25) is 10.1 Å². The molecule has 2 bridgehead atoms. The van der Waals surface area contributed by atoms with Gasteiger partial charge in [-0.2, -0.15) is 0 Å². The number of benzene rings is 1. The fourth-order valence-corrected chi connectivity index (χ4v) is 4.20. The van der Waals surface area contributed by atoms with Crippen molar-refractivity contribution in [2.45, 2.75) is 45.2 Å². The first-order valence-electron chi connectivity index (χ1n) is 7.71. The van der Waals surface area contributed by atoms with E-state index in [4.69, 9.17) is 0 Å². The molecule has 4 unspecified atom stereocenters. The molecule has 2 fully saturated rings. The molecule has 3 rings (SSSR count). The minimum absolute atomic E-state index is 0.0101. The van der Waals surface area contributed by atoms with Gasteiger partial charge in [0.25, 0.3) is 5.69 Å². The monoisotopic (exact) mass is 292 g/mol. The SMILES string of the molecule is CC(NCc1cc(F)ccc1[N+](=O)[O-])C1CC2CCC1C2. The Morgan fingerprint density at radius 2 is 2.24 bits per heavy atom. The molecule has 4 nitrogen and oxygen atoms in total. The first-order valence-corrected chi connectivity index (χ1v) is 7.71. The Kier molecular flexibility index (Phi) is 3.93. The molecule has 2 aliphatic rings. The van der Waals surface area contributed by atoms with Crippen molar-refractivity contribution in [1.29, 1.82) is 0 Å². The van der Waals surface area contributed by atoms with E-state index in [9.17, 15) is 14.5 Å². The molecule has 0 aliphatic heterocycles. The highest BCUT2D eigenvalue weighted by atomic mass is 19.1. The number of nitrogens with one attached hydrogen (secondary N) is 1. The Hall–Kier alpha value is -1.49. The van der Waals surface area contributed by atoms with Gasteiger partial charge >= 0.3 is 0 Å². The molecule has 2 saturated carbocycles. The van der Waals surface area contributed by atoms with Gasteiger partial charge in [0.05, 0.1) is 4.92 Å². The lowest BCUT2D eigenvalue weighted by molar-refractivity contribution is -0.385. The Labute approximate surface area is 123 Å². The van der Waals surface area contributed by atoms with Crippen molar-refractivity contribution in [2.75, 3.05) is 0 Å². The lowest BCUT2D eigenvalue weighted by Gasteiger charge is -2.28. The quantitative estimate of drug-likeness (QED) is 0.665. The predicted molar refractivity (Wildman–Crippen MR) is 78.3 cm³/mol. The smallest absolute Gasteiger partial charge is 0.274 e. The summed E-state index contributed by atoms with van der Waals surface area (Å²) >= 11 is 0. The molecule has 21 heavy (non-hydrogen) atoms. The van der Waals surface area contributed by atoms with Crippen LogP contribution < -0.4 is 5.32 Å². The zero-order valence-electron chi connectivity index (χ0n) is 12.2. The topological polar surface area (TPSA) is 55.2 Å². The third kappa shape index (κ3) is 2.93. The molecule has 0 saturated heterocycles. The van der Waals surface area contributed by atoms with Gasteiger partial charge in [0.2, 0.25) is 0 Å². The largest absolute Gasteiger partial charge is 0.310 e. The molecule has 1 N–H and O–H groups in total. The van der Waals surface area contributed by atoms with Gasteiger partial charge in [-0.1, -0.05) is 6.42 Å². The minimum atomic E-state index is -0.446.